The van der Waals surface area contributed by atoms with Gasteiger partial charge in [0.25, 0.3) is 0 Å². The predicted molar refractivity (Wildman–Crippen MR) is 81.5 cm³/mol. The third kappa shape index (κ3) is 5.00. The summed E-state index contributed by atoms with van der Waals surface area (Å²) in [6, 6.07) is -0.145. The largest absolute Gasteiger partial charge is 0.480 e. The van der Waals surface area contributed by atoms with Gasteiger partial charge in [-0.05, 0) is 25.3 Å². The summed E-state index contributed by atoms with van der Waals surface area (Å²) in [6.45, 7) is 5.11. The first-order chi connectivity index (χ1) is 10.6. The van der Waals surface area contributed by atoms with E-state index in [2.05, 4.69) is 14.4 Å². The first-order valence-corrected chi connectivity index (χ1v) is 8.37. The molecule has 1 atom stereocenters. The van der Waals surface area contributed by atoms with E-state index in [9.17, 15) is 18.0 Å². The fourth-order valence-electron chi connectivity index (χ4n) is 1.90. The minimum atomic E-state index is -4.13. The molecule has 9 heteroatoms. The average Bonchev–Trinajstić information content (AvgIpc) is 2.45. The Hall–Kier alpha value is -2.00. The molecule has 1 aromatic rings. The van der Waals surface area contributed by atoms with Gasteiger partial charge in [0.15, 0.2) is 0 Å². The van der Waals surface area contributed by atoms with Crippen LogP contribution in [0.2, 0.25) is 0 Å². The highest BCUT2D eigenvalue weighted by atomic mass is 32.2. The predicted octanol–water partition coefficient (Wildman–Crippen LogP) is 0.954. The molecule has 0 spiro atoms. The zero-order valence-corrected chi connectivity index (χ0v) is 14.2. The van der Waals surface area contributed by atoms with E-state index in [0.29, 0.717) is 5.69 Å². The molecule has 23 heavy (non-hydrogen) atoms. The van der Waals surface area contributed by atoms with Crippen LogP contribution in [0.5, 0.6) is 0 Å². The van der Waals surface area contributed by atoms with Crippen molar-refractivity contribution in [2.24, 2.45) is 5.92 Å². The highest BCUT2D eigenvalue weighted by Crippen LogP contribution is 2.16. The molecule has 0 amide bonds. The number of pyridine rings is 1. The second kappa shape index (κ2) is 7.51. The molecule has 1 rings (SSSR count). The van der Waals surface area contributed by atoms with Gasteiger partial charge >= 0.3 is 11.9 Å². The van der Waals surface area contributed by atoms with Gasteiger partial charge < -0.3 is 9.84 Å². The van der Waals surface area contributed by atoms with Crippen LogP contribution in [0.15, 0.2) is 17.2 Å². The molecule has 0 saturated heterocycles. The van der Waals surface area contributed by atoms with Crippen LogP contribution in [0, 0.1) is 12.8 Å². The second-order valence-electron chi connectivity index (χ2n) is 5.44. The molecular formula is C14H20N2O6S. The van der Waals surface area contributed by atoms with E-state index in [0.717, 1.165) is 12.3 Å². The lowest BCUT2D eigenvalue weighted by Crippen LogP contribution is -2.41. The first-order valence-electron chi connectivity index (χ1n) is 6.88. The third-order valence-electron chi connectivity index (χ3n) is 3.08. The summed E-state index contributed by atoms with van der Waals surface area (Å²) < 4.78 is 31.4. The molecule has 2 N–H and O–H groups in total. The number of ether oxygens (including phenoxy) is 1. The average molecular weight is 344 g/mol. The Bertz CT molecular complexity index is 699. The van der Waals surface area contributed by atoms with Gasteiger partial charge in [-0.3, -0.25) is 9.78 Å². The number of nitrogens with zero attached hydrogens (tertiary/aromatic N) is 1. The quantitative estimate of drug-likeness (QED) is 0.706. The maximum absolute atomic E-state index is 12.3. The number of aliphatic carboxylic acids is 1. The van der Waals surface area contributed by atoms with Gasteiger partial charge in [-0.15, -0.1) is 0 Å². The van der Waals surface area contributed by atoms with Crippen LogP contribution in [0.4, 0.5) is 0 Å². The van der Waals surface area contributed by atoms with E-state index in [1.165, 1.54) is 14.0 Å². The Balaban J connectivity index is 3.17. The third-order valence-corrected chi connectivity index (χ3v) is 4.52. The number of nitrogens with one attached hydrogen (secondary N) is 1. The van der Waals surface area contributed by atoms with Gasteiger partial charge in [-0.2, -0.15) is 4.72 Å². The zero-order valence-electron chi connectivity index (χ0n) is 13.4. The van der Waals surface area contributed by atoms with Gasteiger partial charge in [-0.1, -0.05) is 13.8 Å². The van der Waals surface area contributed by atoms with Crippen molar-refractivity contribution in [1.29, 1.82) is 0 Å². The fraction of sp³-hybridized carbons (Fsp3) is 0.500. The maximum Gasteiger partial charge on any atom is 0.339 e. The van der Waals surface area contributed by atoms with Crippen molar-refractivity contribution in [2.75, 3.05) is 7.11 Å². The molecular weight excluding hydrogens is 324 g/mol. The molecule has 0 aliphatic rings. The number of esters is 1. The van der Waals surface area contributed by atoms with Crippen LogP contribution in [0.25, 0.3) is 0 Å². The molecule has 0 aliphatic heterocycles. The number of aromatic nitrogens is 1. The molecule has 0 unspecified atom stereocenters. The van der Waals surface area contributed by atoms with Gasteiger partial charge in [0.2, 0.25) is 10.0 Å². The highest BCUT2D eigenvalue weighted by Gasteiger charge is 2.27. The van der Waals surface area contributed by atoms with E-state index in [-0.39, 0.29) is 22.8 Å². The van der Waals surface area contributed by atoms with Gasteiger partial charge in [-0.25, -0.2) is 13.2 Å². The lowest BCUT2D eigenvalue weighted by atomic mass is 10.1. The number of rotatable bonds is 7. The summed E-state index contributed by atoms with van der Waals surface area (Å²) in [7, 11) is -2.96. The first kappa shape index (κ1) is 19.0. The molecule has 0 aromatic carbocycles. The summed E-state index contributed by atoms with van der Waals surface area (Å²) in [5, 5.41) is 9.14. The van der Waals surface area contributed by atoms with Gasteiger partial charge in [0.1, 0.15) is 10.9 Å². The monoisotopic (exact) mass is 344 g/mol. The Morgan fingerprint density at radius 1 is 1.39 bits per heavy atom. The standard InChI is InChI=1S/C14H20N2O6S/c1-8(2)5-12(13(17)18)16-23(20,21)10-6-11(14(19)22-4)9(3)15-7-10/h6-8,12,16H,5H2,1-4H3,(H,17,18)/t12-/m0/s1. The smallest absolute Gasteiger partial charge is 0.339 e. The minimum Gasteiger partial charge on any atom is -0.480 e. The number of carbonyl (C=O) groups is 2. The van der Waals surface area contributed by atoms with Crippen LogP contribution >= 0.6 is 0 Å². The fourth-order valence-corrected chi connectivity index (χ4v) is 3.08. The second-order valence-corrected chi connectivity index (χ2v) is 7.15. The number of carboxylic acids is 1. The SMILES string of the molecule is COC(=O)c1cc(S(=O)(=O)N[C@@H](CC(C)C)C(=O)O)cnc1C. The lowest BCUT2D eigenvalue weighted by molar-refractivity contribution is -0.139. The molecule has 0 aliphatic carbocycles. The van der Waals surface area contributed by atoms with E-state index >= 15 is 0 Å². The van der Waals surface area contributed by atoms with Crippen molar-refractivity contribution in [2.45, 2.75) is 38.1 Å². The Morgan fingerprint density at radius 3 is 2.48 bits per heavy atom. The summed E-state index contributed by atoms with van der Waals surface area (Å²) in [5.74, 6) is -2.00. The minimum absolute atomic E-state index is 0.00566. The van der Waals surface area contributed by atoms with Crippen LogP contribution in [-0.4, -0.2) is 43.6 Å². The number of sulfonamides is 1. The highest BCUT2D eigenvalue weighted by molar-refractivity contribution is 7.89. The molecule has 128 valence electrons. The van der Waals surface area contributed by atoms with Gasteiger partial charge in [0.05, 0.1) is 18.4 Å². The molecule has 8 nitrogen and oxygen atoms in total. The van der Waals surface area contributed by atoms with Crippen molar-refractivity contribution < 1.29 is 27.9 Å². The summed E-state index contributed by atoms with van der Waals surface area (Å²) >= 11 is 0. The van der Waals surface area contributed by atoms with Crippen molar-refractivity contribution in [3.63, 3.8) is 0 Å². The summed E-state index contributed by atoms with van der Waals surface area (Å²) in [6.07, 6.45) is 1.20. The summed E-state index contributed by atoms with van der Waals surface area (Å²) in [5.41, 5.74) is 0.318. The van der Waals surface area contributed by atoms with Crippen molar-refractivity contribution in [3.8, 4) is 0 Å². The van der Waals surface area contributed by atoms with E-state index in [1.807, 2.05) is 0 Å². The normalized spacial score (nSPS) is 12.9. The van der Waals surface area contributed by atoms with E-state index in [4.69, 9.17) is 5.11 Å². The molecule has 0 bridgehead atoms. The van der Waals surface area contributed by atoms with E-state index in [1.54, 1.807) is 13.8 Å². The van der Waals surface area contributed by atoms with Gasteiger partial charge in [0, 0.05) is 6.20 Å². The van der Waals surface area contributed by atoms with Crippen LogP contribution < -0.4 is 4.72 Å². The molecule has 1 heterocycles. The maximum atomic E-state index is 12.3. The number of carbonyl (C=O) groups excluding carboxylic acids is 1. The van der Waals surface area contributed by atoms with E-state index < -0.39 is 28.0 Å². The zero-order chi connectivity index (χ0) is 17.8. The number of hydrogen-bond acceptors (Lipinski definition) is 6. The number of methoxy groups -OCH3 is 1. The van der Waals surface area contributed by atoms with Crippen molar-refractivity contribution in [1.82, 2.24) is 9.71 Å². The number of aryl methyl sites for hydroxylation is 1. The summed E-state index contributed by atoms with van der Waals surface area (Å²) in [4.78, 5) is 26.4. The van der Waals surface area contributed by atoms with Crippen molar-refractivity contribution >= 4 is 22.0 Å². The number of carboxylic acid groups (broad SMARTS) is 1. The molecule has 1 aromatic heterocycles. The molecule has 0 fully saturated rings. The van der Waals surface area contributed by atoms with Crippen LogP contribution in [0.1, 0.15) is 36.3 Å². The Labute approximate surface area is 134 Å². The Morgan fingerprint density at radius 2 is 2.00 bits per heavy atom. The molecule has 0 saturated carbocycles. The van der Waals surface area contributed by atoms with Crippen LogP contribution in [0.3, 0.4) is 0 Å². The topological polar surface area (TPSA) is 123 Å². The lowest BCUT2D eigenvalue weighted by Gasteiger charge is -2.17. The molecule has 0 radical (unpaired) electrons. The van der Waals surface area contributed by atoms with Crippen molar-refractivity contribution in [3.05, 3.63) is 23.5 Å². The number of hydrogen-bond donors (Lipinski definition) is 2. The van der Waals surface area contributed by atoms with Crippen LogP contribution in [-0.2, 0) is 19.6 Å². The Kier molecular flexibility index (Phi) is 6.22.